The first kappa shape index (κ1) is 17.5. The predicted octanol–water partition coefficient (Wildman–Crippen LogP) is 4.20. The van der Waals surface area contributed by atoms with Crippen molar-refractivity contribution in [3.63, 3.8) is 0 Å². The van der Waals surface area contributed by atoms with Gasteiger partial charge in [-0.15, -0.1) is 0 Å². The average molecular weight is 283 g/mol. The first-order valence-electron chi connectivity index (χ1n) is 8.57. The third-order valence-electron chi connectivity index (χ3n) is 4.38. The van der Waals surface area contributed by atoms with Gasteiger partial charge in [0.1, 0.15) is 5.54 Å². The van der Waals surface area contributed by atoms with Crippen molar-refractivity contribution in [2.75, 3.05) is 6.61 Å². The quantitative estimate of drug-likeness (QED) is 0.509. The Morgan fingerprint density at radius 1 is 1.15 bits per heavy atom. The van der Waals surface area contributed by atoms with Gasteiger partial charge in [-0.05, 0) is 33.1 Å². The first-order valence-corrected chi connectivity index (χ1v) is 8.57. The van der Waals surface area contributed by atoms with Crippen molar-refractivity contribution >= 4 is 5.97 Å². The van der Waals surface area contributed by atoms with Crippen LogP contribution >= 0.6 is 0 Å². The van der Waals surface area contributed by atoms with Crippen molar-refractivity contribution in [1.29, 1.82) is 0 Å². The minimum atomic E-state index is -0.494. The lowest BCUT2D eigenvalue weighted by atomic mass is 9.89. The molecule has 0 bridgehead atoms. The minimum absolute atomic E-state index is 0.0675. The van der Waals surface area contributed by atoms with Crippen molar-refractivity contribution in [2.24, 2.45) is 0 Å². The van der Waals surface area contributed by atoms with Gasteiger partial charge in [0.25, 0.3) is 0 Å². The summed E-state index contributed by atoms with van der Waals surface area (Å²) in [4.78, 5) is 12.3. The van der Waals surface area contributed by atoms with E-state index in [2.05, 4.69) is 12.2 Å². The van der Waals surface area contributed by atoms with Crippen molar-refractivity contribution in [1.82, 2.24) is 5.32 Å². The Morgan fingerprint density at radius 2 is 1.85 bits per heavy atom. The van der Waals surface area contributed by atoms with Crippen LogP contribution in [0.15, 0.2) is 0 Å². The summed E-state index contributed by atoms with van der Waals surface area (Å²) in [5, 5.41) is 3.62. The molecule has 1 atom stereocenters. The molecule has 0 saturated heterocycles. The van der Waals surface area contributed by atoms with Crippen LogP contribution in [-0.2, 0) is 9.53 Å². The fourth-order valence-corrected chi connectivity index (χ4v) is 3.13. The molecule has 1 rings (SSSR count). The van der Waals surface area contributed by atoms with E-state index < -0.39 is 5.54 Å². The first-order chi connectivity index (χ1) is 9.62. The van der Waals surface area contributed by atoms with Crippen LogP contribution in [0.5, 0.6) is 0 Å². The van der Waals surface area contributed by atoms with Gasteiger partial charge in [0.05, 0.1) is 6.61 Å². The topological polar surface area (TPSA) is 38.3 Å². The van der Waals surface area contributed by atoms with Crippen LogP contribution in [0.3, 0.4) is 0 Å². The zero-order valence-electron chi connectivity index (χ0n) is 13.7. The fraction of sp³-hybridized carbons (Fsp3) is 0.941. The third kappa shape index (κ3) is 5.82. The highest BCUT2D eigenvalue weighted by Gasteiger charge is 2.36. The van der Waals surface area contributed by atoms with Gasteiger partial charge < -0.3 is 4.74 Å². The van der Waals surface area contributed by atoms with Gasteiger partial charge in [-0.2, -0.15) is 0 Å². The Balaban J connectivity index is 2.54. The summed E-state index contributed by atoms with van der Waals surface area (Å²) >= 11 is 0. The van der Waals surface area contributed by atoms with Crippen molar-refractivity contribution in [2.45, 2.75) is 96.6 Å². The van der Waals surface area contributed by atoms with Gasteiger partial charge in [-0.1, -0.05) is 51.9 Å². The molecular formula is C17H33NO2. The lowest BCUT2D eigenvalue weighted by molar-refractivity contribution is -0.151. The predicted molar refractivity (Wildman–Crippen MR) is 83.8 cm³/mol. The molecule has 1 saturated carbocycles. The van der Waals surface area contributed by atoms with E-state index in [1.54, 1.807) is 0 Å². The molecule has 0 radical (unpaired) electrons. The Kier molecular flexibility index (Phi) is 8.20. The highest BCUT2D eigenvalue weighted by Crippen LogP contribution is 2.24. The summed E-state index contributed by atoms with van der Waals surface area (Å²) in [5.74, 6) is -0.0675. The highest BCUT2D eigenvalue weighted by molar-refractivity contribution is 5.80. The van der Waals surface area contributed by atoms with Gasteiger partial charge in [-0.3, -0.25) is 10.1 Å². The number of esters is 1. The Bertz CT molecular complexity index is 274. The zero-order chi connectivity index (χ0) is 14.8. The molecule has 0 spiro atoms. The second-order valence-electron chi connectivity index (χ2n) is 6.34. The molecule has 1 aliphatic carbocycles. The number of carbonyl (C=O) groups excluding carboxylic acids is 1. The van der Waals surface area contributed by atoms with Crippen LogP contribution in [0.4, 0.5) is 0 Å². The van der Waals surface area contributed by atoms with E-state index in [9.17, 15) is 4.79 Å². The summed E-state index contributed by atoms with van der Waals surface area (Å²) < 4.78 is 5.30. The Hall–Kier alpha value is -0.570. The zero-order valence-corrected chi connectivity index (χ0v) is 13.7. The van der Waals surface area contributed by atoms with E-state index in [0.29, 0.717) is 12.6 Å². The molecule has 1 unspecified atom stereocenters. The van der Waals surface area contributed by atoms with E-state index in [4.69, 9.17) is 4.74 Å². The van der Waals surface area contributed by atoms with Crippen molar-refractivity contribution in [3.8, 4) is 0 Å². The standard InChI is InChI=1S/C17H33NO2/c1-4-6-7-11-14-17(3,16(19)20-5-2)18-15-12-9-8-10-13-15/h15,18H,4-14H2,1-3H3. The normalized spacial score (nSPS) is 19.6. The molecule has 20 heavy (non-hydrogen) atoms. The molecule has 0 aromatic heterocycles. The Labute approximate surface area is 124 Å². The van der Waals surface area contributed by atoms with E-state index >= 15 is 0 Å². The van der Waals surface area contributed by atoms with Crippen molar-refractivity contribution < 1.29 is 9.53 Å². The van der Waals surface area contributed by atoms with Gasteiger partial charge in [0, 0.05) is 6.04 Å². The maximum absolute atomic E-state index is 12.3. The summed E-state index contributed by atoms with van der Waals surface area (Å²) in [6.45, 7) is 6.60. The van der Waals surface area contributed by atoms with Crippen LogP contribution in [0.25, 0.3) is 0 Å². The monoisotopic (exact) mass is 283 g/mol. The number of ether oxygens (including phenoxy) is 1. The van der Waals surface area contributed by atoms with Crippen molar-refractivity contribution in [3.05, 3.63) is 0 Å². The molecule has 0 amide bonds. The number of rotatable bonds is 9. The molecule has 3 heteroatoms. The summed E-state index contributed by atoms with van der Waals surface area (Å²) in [6, 6.07) is 0.490. The van der Waals surface area contributed by atoms with E-state index in [0.717, 1.165) is 12.8 Å². The van der Waals surface area contributed by atoms with Crippen LogP contribution in [0, 0.1) is 0 Å². The lowest BCUT2D eigenvalue weighted by Crippen LogP contribution is -2.55. The number of carbonyl (C=O) groups is 1. The average Bonchev–Trinajstić information content (AvgIpc) is 2.45. The maximum atomic E-state index is 12.3. The minimum Gasteiger partial charge on any atom is -0.465 e. The van der Waals surface area contributed by atoms with Crippen LogP contribution in [0.1, 0.15) is 85.0 Å². The largest absolute Gasteiger partial charge is 0.465 e. The summed E-state index contributed by atoms with van der Waals surface area (Å²) in [7, 11) is 0. The number of nitrogens with one attached hydrogen (secondary N) is 1. The summed E-state index contributed by atoms with van der Waals surface area (Å²) in [6.07, 6.45) is 12.0. The molecular weight excluding hydrogens is 250 g/mol. The van der Waals surface area contributed by atoms with Crippen LogP contribution in [-0.4, -0.2) is 24.2 Å². The van der Waals surface area contributed by atoms with Gasteiger partial charge >= 0.3 is 5.97 Å². The number of unbranched alkanes of at least 4 members (excludes halogenated alkanes) is 3. The lowest BCUT2D eigenvalue weighted by Gasteiger charge is -2.35. The molecule has 3 nitrogen and oxygen atoms in total. The molecule has 1 aliphatic rings. The smallest absolute Gasteiger partial charge is 0.326 e. The van der Waals surface area contributed by atoms with Gasteiger partial charge in [-0.25, -0.2) is 0 Å². The molecule has 1 fully saturated rings. The van der Waals surface area contributed by atoms with E-state index in [1.165, 1.54) is 51.4 Å². The highest BCUT2D eigenvalue weighted by atomic mass is 16.5. The van der Waals surface area contributed by atoms with Crippen LogP contribution < -0.4 is 5.32 Å². The second kappa shape index (κ2) is 9.38. The van der Waals surface area contributed by atoms with Gasteiger partial charge in [0.15, 0.2) is 0 Å². The van der Waals surface area contributed by atoms with E-state index in [1.807, 2.05) is 13.8 Å². The Morgan fingerprint density at radius 3 is 2.45 bits per heavy atom. The number of hydrogen-bond donors (Lipinski definition) is 1. The molecule has 0 aromatic rings. The molecule has 1 N–H and O–H groups in total. The van der Waals surface area contributed by atoms with E-state index in [-0.39, 0.29) is 5.97 Å². The SMILES string of the molecule is CCCCCCC(C)(NC1CCCCC1)C(=O)OCC. The second-order valence-corrected chi connectivity index (χ2v) is 6.34. The fourth-order valence-electron chi connectivity index (χ4n) is 3.13. The molecule has 0 aromatic carbocycles. The maximum Gasteiger partial charge on any atom is 0.326 e. The molecule has 118 valence electrons. The molecule has 0 heterocycles. The van der Waals surface area contributed by atoms with Crippen LogP contribution in [0.2, 0.25) is 0 Å². The molecule has 0 aliphatic heterocycles. The van der Waals surface area contributed by atoms with Gasteiger partial charge in [0.2, 0.25) is 0 Å². The number of hydrogen-bond acceptors (Lipinski definition) is 3. The third-order valence-corrected chi connectivity index (χ3v) is 4.38. The summed E-state index contributed by atoms with van der Waals surface area (Å²) in [5.41, 5.74) is -0.494.